The lowest BCUT2D eigenvalue weighted by Gasteiger charge is -2.22. The summed E-state index contributed by atoms with van der Waals surface area (Å²) in [4.78, 5) is 28.3. The first-order valence-corrected chi connectivity index (χ1v) is 11.3. The van der Waals surface area contributed by atoms with Gasteiger partial charge in [-0.3, -0.25) is 14.2 Å². The molecule has 0 bridgehead atoms. The summed E-state index contributed by atoms with van der Waals surface area (Å²) in [7, 11) is 0. The number of hydrogen-bond acceptors (Lipinski definition) is 4. The Balaban J connectivity index is 1.39. The second kappa shape index (κ2) is 8.57. The van der Waals surface area contributed by atoms with Gasteiger partial charge in [0.05, 0.1) is 5.52 Å². The molecule has 4 rings (SSSR count). The molecule has 1 saturated carbocycles. The van der Waals surface area contributed by atoms with Crippen LogP contribution in [0.1, 0.15) is 51.4 Å². The van der Waals surface area contributed by atoms with Gasteiger partial charge in [0.1, 0.15) is 4.70 Å². The molecule has 0 atom stereocenters. The highest BCUT2D eigenvalue weighted by atomic mass is 32.1. The van der Waals surface area contributed by atoms with Crippen molar-refractivity contribution in [1.82, 2.24) is 14.9 Å². The number of H-pyrrole nitrogens is 1. The van der Waals surface area contributed by atoms with Gasteiger partial charge in [-0.05, 0) is 44.0 Å². The molecule has 7 heteroatoms. The molecule has 1 amide bonds. The van der Waals surface area contributed by atoms with E-state index in [1.54, 1.807) is 4.57 Å². The van der Waals surface area contributed by atoms with Gasteiger partial charge in [-0.2, -0.15) is 0 Å². The van der Waals surface area contributed by atoms with Gasteiger partial charge < -0.3 is 10.3 Å². The first-order valence-electron chi connectivity index (χ1n) is 10.1. The highest BCUT2D eigenvalue weighted by Gasteiger charge is 2.15. The van der Waals surface area contributed by atoms with Crippen molar-refractivity contribution in [2.75, 3.05) is 0 Å². The highest BCUT2D eigenvalue weighted by molar-refractivity contribution is 7.71. The minimum Gasteiger partial charge on any atom is -0.353 e. The number of rotatable bonds is 6. The monoisotopic (exact) mass is 415 g/mol. The molecule has 0 aliphatic heterocycles. The van der Waals surface area contributed by atoms with Gasteiger partial charge in [0, 0.05) is 29.1 Å². The molecule has 1 aliphatic carbocycles. The van der Waals surface area contributed by atoms with Gasteiger partial charge in [-0.1, -0.05) is 37.5 Å². The van der Waals surface area contributed by atoms with Crippen molar-refractivity contribution in [2.24, 2.45) is 0 Å². The van der Waals surface area contributed by atoms with Crippen molar-refractivity contribution >= 4 is 49.8 Å². The summed E-state index contributed by atoms with van der Waals surface area (Å²) in [5.74, 6) is 0.129. The van der Waals surface area contributed by atoms with E-state index in [2.05, 4.69) is 10.3 Å². The Labute approximate surface area is 172 Å². The molecular weight excluding hydrogens is 390 g/mol. The number of fused-ring (bicyclic) bond motifs is 3. The van der Waals surface area contributed by atoms with E-state index in [-0.39, 0.29) is 11.5 Å². The number of benzene rings is 1. The molecule has 0 saturated heterocycles. The van der Waals surface area contributed by atoms with Crippen molar-refractivity contribution in [1.29, 1.82) is 0 Å². The Bertz CT molecular complexity index is 1110. The summed E-state index contributed by atoms with van der Waals surface area (Å²) in [5, 5.41) is 4.19. The lowest BCUT2D eigenvalue weighted by Crippen LogP contribution is -2.36. The maximum atomic E-state index is 12.9. The van der Waals surface area contributed by atoms with Crippen molar-refractivity contribution in [2.45, 2.75) is 64.0 Å². The molecule has 1 aliphatic rings. The lowest BCUT2D eigenvalue weighted by atomic mass is 9.95. The summed E-state index contributed by atoms with van der Waals surface area (Å²) < 4.78 is 3.88. The molecule has 1 fully saturated rings. The third kappa shape index (κ3) is 4.05. The predicted octanol–water partition coefficient (Wildman–Crippen LogP) is 4.89. The van der Waals surface area contributed by atoms with Gasteiger partial charge >= 0.3 is 0 Å². The average Bonchev–Trinajstić information content (AvgIpc) is 3.07. The molecule has 3 aromatic rings. The number of aromatic amines is 1. The zero-order valence-corrected chi connectivity index (χ0v) is 17.5. The molecule has 28 heavy (non-hydrogen) atoms. The first kappa shape index (κ1) is 19.3. The molecule has 0 unspecified atom stereocenters. The summed E-state index contributed by atoms with van der Waals surface area (Å²) >= 11 is 6.94. The van der Waals surface area contributed by atoms with Gasteiger partial charge in [0.25, 0.3) is 5.56 Å². The SMILES string of the molecule is O=C(CCCCn1c(=S)[nH]c2c(sc3ccccc32)c1=O)NC1CCCCC1. The van der Waals surface area contributed by atoms with Crippen molar-refractivity contribution in [3.8, 4) is 0 Å². The number of aromatic nitrogens is 2. The van der Waals surface area contributed by atoms with Crippen molar-refractivity contribution in [3.63, 3.8) is 0 Å². The lowest BCUT2D eigenvalue weighted by molar-refractivity contribution is -0.122. The van der Waals surface area contributed by atoms with E-state index in [0.717, 1.165) is 41.3 Å². The fourth-order valence-electron chi connectivity index (χ4n) is 4.01. The van der Waals surface area contributed by atoms with Crippen molar-refractivity contribution < 1.29 is 4.79 Å². The summed E-state index contributed by atoms with van der Waals surface area (Å²) in [5.41, 5.74) is 0.797. The Hall–Kier alpha value is -1.99. The molecule has 0 radical (unpaired) electrons. The van der Waals surface area contributed by atoms with Crippen molar-refractivity contribution in [3.05, 3.63) is 39.4 Å². The summed E-state index contributed by atoms with van der Waals surface area (Å²) in [6.45, 7) is 0.537. The maximum Gasteiger partial charge on any atom is 0.272 e. The standard InChI is InChI=1S/C21H25N3O2S2/c25-17(22-14-8-2-1-3-9-14)12-6-7-13-24-20(26)19-18(23-21(24)27)15-10-4-5-11-16(15)28-19/h4-5,10-11,14H,1-3,6-9,12-13H2,(H,22,25)(H,23,27). The fraction of sp³-hybridized carbons (Fsp3) is 0.476. The number of amides is 1. The smallest absolute Gasteiger partial charge is 0.272 e. The molecule has 1 aromatic carbocycles. The Morgan fingerprint density at radius 2 is 2.00 bits per heavy atom. The average molecular weight is 416 g/mol. The van der Waals surface area contributed by atoms with E-state index in [1.807, 2.05) is 24.3 Å². The van der Waals surface area contributed by atoms with E-state index in [4.69, 9.17) is 12.2 Å². The number of carbonyl (C=O) groups is 1. The van der Waals surface area contributed by atoms with Crippen LogP contribution in [0.3, 0.4) is 0 Å². The van der Waals surface area contributed by atoms with Gasteiger partial charge in [-0.25, -0.2) is 0 Å². The van der Waals surface area contributed by atoms with E-state index >= 15 is 0 Å². The first-order chi connectivity index (χ1) is 13.6. The molecular formula is C21H25N3O2S2. The number of hydrogen-bond donors (Lipinski definition) is 2. The van der Waals surface area contributed by atoms with E-state index in [0.29, 0.717) is 28.5 Å². The number of nitrogens with zero attached hydrogens (tertiary/aromatic N) is 1. The van der Waals surface area contributed by atoms with E-state index in [1.165, 1.54) is 30.6 Å². The number of nitrogens with one attached hydrogen (secondary N) is 2. The van der Waals surface area contributed by atoms with Crippen LogP contribution in [0.4, 0.5) is 0 Å². The zero-order chi connectivity index (χ0) is 19.5. The Morgan fingerprint density at radius 3 is 2.82 bits per heavy atom. The quantitative estimate of drug-likeness (QED) is 0.445. The molecule has 2 N–H and O–H groups in total. The molecule has 148 valence electrons. The minimum absolute atomic E-state index is 0.0355. The van der Waals surface area contributed by atoms with Gasteiger partial charge in [-0.15, -0.1) is 11.3 Å². The van der Waals surface area contributed by atoms with Crippen LogP contribution in [0.5, 0.6) is 0 Å². The summed E-state index contributed by atoms with van der Waals surface area (Å²) in [6.07, 6.45) is 7.93. The van der Waals surface area contributed by atoms with Crippen LogP contribution in [0.15, 0.2) is 29.1 Å². The number of carbonyl (C=O) groups excluding carboxylic acids is 1. The van der Waals surface area contributed by atoms with Crippen LogP contribution in [0, 0.1) is 4.77 Å². The molecule has 0 spiro atoms. The molecule has 5 nitrogen and oxygen atoms in total. The van der Waals surface area contributed by atoms with Crippen LogP contribution < -0.4 is 10.9 Å². The third-order valence-electron chi connectivity index (χ3n) is 5.52. The highest BCUT2D eigenvalue weighted by Crippen LogP contribution is 2.29. The van der Waals surface area contributed by atoms with Gasteiger partial charge in [0.2, 0.25) is 5.91 Å². The fourth-order valence-corrected chi connectivity index (χ4v) is 5.40. The Kier molecular flexibility index (Phi) is 5.92. The number of unbranched alkanes of at least 4 members (excludes halogenated alkanes) is 1. The predicted molar refractivity (Wildman–Crippen MR) is 118 cm³/mol. The third-order valence-corrected chi connectivity index (χ3v) is 7.00. The van der Waals surface area contributed by atoms with E-state index < -0.39 is 0 Å². The van der Waals surface area contributed by atoms with Crippen LogP contribution in [-0.2, 0) is 11.3 Å². The van der Waals surface area contributed by atoms with Crippen LogP contribution in [-0.4, -0.2) is 21.5 Å². The van der Waals surface area contributed by atoms with Crippen LogP contribution in [0.25, 0.3) is 20.3 Å². The van der Waals surface area contributed by atoms with Crippen LogP contribution >= 0.6 is 23.6 Å². The minimum atomic E-state index is -0.0355. The van der Waals surface area contributed by atoms with E-state index in [9.17, 15) is 9.59 Å². The Morgan fingerprint density at radius 1 is 1.21 bits per heavy atom. The molecule has 2 heterocycles. The topological polar surface area (TPSA) is 66.9 Å². The van der Waals surface area contributed by atoms with Crippen LogP contribution in [0.2, 0.25) is 0 Å². The normalized spacial score (nSPS) is 15.3. The number of thiophene rings is 1. The second-order valence-corrected chi connectivity index (χ2v) is 8.99. The van der Waals surface area contributed by atoms with Gasteiger partial charge in [0.15, 0.2) is 4.77 Å². The maximum absolute atomic E-state index is 12.9. The zero-order valence-electron chi connectivity index (χ0n) is 15.8. The second-order valence-electron chi connectivity index (χ2n) is 7.55. The largest absolute Gasteiger partial charge is 0.353 e. The molecule has 2 aromatic heterocycles. The summed E-state index contributed by atoms with van der Waals surface area (Å²) in [6, 6.07) is 8.33.